The van der Waals surface area contributed by atoms with Gasteiger partial charge in [-0.25, -0.2) is 0 Å². The fourth-order valence-corrected chi connectivity index (χ4v) is 2.80. The lowest BCUT2D eigenvalue weighted by molar-refractivity contribution is 0.342. The zero-order valence-corrected chi connectivity index (χ0v) is 12.0. The molecular formula is C14H23NO2S. The first kappa shape index (κ1) is 15.2. The number of hydrogen-bond acceptors (Lipinski definition) is 3. The van der Waals surface area contributed by atoms with E-state index in [1.165, 1.54) is 0 Å². The topological polar surface area (TPSA) is 52.3 Å². The van der Waals surface area contributed by atoms with Crippen molar-refractivity contribution in [3.63, 3.8) is 0 Å². The van der Waals surface area contributed by atoms with Gasteiger partial charge in [0, 0.05) is 23.1 Å². The highest BCUT2D eigenvalue weighted by atomic mass is 32.2. The second kappa shape index (κ2) is 8.27. The number of nitrogens with two attached hydrogens (primary N) is 1. The fourth-order valence-electron chi connectivity index (χ4n) is 1.49. The molecule has 0 saturated carbocycles. The molecule has 18 heavy (non-hydrogen) atoms. The third kappa shape index (κ3) is 5.65. The maximum atomic E-state index is 11.7. The molecule has 0 heterocycles. The van der Waals surface area contributed by atoms with Crippen molar-refractivity contribution in [3.05, 3.63) is 29.8 Å². The molecule has 0 aliphatic heterocycles. The monoisotopic (exact) mass is 269 g/mol. The number of ether oxygens (including phenoxy) is 1. The van der Waals surface area contributed by atoms with Crippen LogP contribution in [0.1, 0.15) is 25.8 Å². The van der Waals surface area contributed by atoms with E-state index in [9.17, 15) is 4.21 Å². The Morgan fingerprint density at radius 2 is 2.00 bits per heavy atom. The predicted octanol–water partition coefficient (Wildman–Crippen LogP) is 2.32. The third-order valence-electron chi connectivity index (χ3n) is 2.91. The molecule has 0 amide bonds. The average molecular weight is 269 g/mol. The summed E-state index contributed by atoms with van der Waals surface area (Å²) in [6, 6.07) is 7.70. The molecule has 2 atom stereocenters. The second-order valence-electron chi connectivity index (χ2n) is 4.52. The van der Waals surface area contributed by atoms with E-state index in [-0.39, 0.29) is 0 Å². The summed E-state index contributed by atoms with van der Waals surface area (Å²) >= 11 is 0. The van der Waals surface area contributed by atoms with Gasteiger partial charge in [-0.2, -0.15) is 0 Å². The molecule has 0 saturated heterocycles. The highest BCUT2D eigenvalue weighted by Gasteiger charge is 2.06. The van der Waals surface area contributed by atoms with Crippen LogP contribution in [0.2, 0.25) is 0 Å². The Kier molecular flexibility index (Phi) is 6.98. The Labute approximate surface area is 112 Å². The highest BCUT2D eigenvalue weighted by Crippen LogP contribution is 2.12. The zero-order valence-electron chi connectivity index (χ0n) is 11.2. The minimum absolute atomic E-state index is 0.505. The van der Waals surface area contributed by atoms with Crippen LogP contribution >= 0.6 is 0 Å². The Bertz CT molecular complexity index is 365. The molecule has 1 aromatic carbocycles. The highest BCUT2D eigenvalue weighted by molar-refractivity contribution is 7.85. The Hall–Kier alpha value is -0.870. The molecule has 0 radical (unpaired) electrons. The van der Waals surface area contributed by atoms with Gasteiger partial charge in [0.25, 0.3) is 0 Å². The van der Waals surface area contributed by atoms with Gasteiger partial charge in [0.05, 0.1) is 12.4 Å². The molecular weight excluding hydrogens is 246 g/mol. The average Bonchev–Trinajstić information content (AvgIpc) is 2.39. The number of rotatable bonds is 8. The zero-order chi connectivity index (χ0) is 13.4. The lowest BCUT2D eigenvalue weighted by Gasteiger charge is -2.09. The minimum atomic E-state index is -0.775. The van der Waals surface area contributed by atoms with E-state index in [1.54, 1.807) is 0 Å². The summed E-state index contributed by atoms with van der Waals surface area (Å²) in [5.74, 6) is 2.71. The van der Waals surface area contributed by atoms with Gasteiger partial charge in [0.2, 0.25) is 0 Å². The molecule has 1 aromatic rings. The first-order valence-electron chi connectivity index (χ1n) is 6.42. The standard InChI is InChI=1S/C14H23NO2S/c1-3-12(2)11-18(16)9-8-17-14-6-4-13(10-15)5-7-14/h4-7,12H,3,8-11,15H2,1-2H3. The molecule has 0 spiro atoms. The summed E-state index contributed by atoms with van der Waals surface area (Å²) in [5.41, 5.74) is 6.60. The van der Waals surface area contributed by atoms with E-state index in [2.05, 4.69) is 13.8 Å². The second-order valence-corrected chi connectivity index (χ2v) is 6.14. The summed E-state index contributed by atoms with van der Waals surface area (Å²) < 4.78 is 17.3. The van der Waals surface area contributed by atoms with Gasteiger partial charge in [0.15, 0.2) is 0 Å². The summed E-state index contributed by atoms with van der Waals surface area (Å²) in [6.07, 6.45) is 1.08. The maximum absolute atomic E-state index is 11.7. The smallest absolute Gasteiger partial charge is 0.119 e. The van der Waals surface area contributed by atoms with Crippen molar-refractivity contribution in [2.24, 2.45) is 11.7 Å². The van der Waals surface area contributed by atoms with E-state index in [4.69, 9.17) is 10.5 Å². The van der Waals surface area contributed by atoms with Crippen molar-refractivity contribution in [2.75, 3.05) is 18.1 Å². The van der Waals surface area contributed by atoms with Crippen LogP contribution in [-0.4, -0.2) is 22.3 Å². The van der Waals surface area contributed by atoms with Crippen LogP contribution in [-0.2, 0) is 17.3 Å². The molecule has 102 valence electrons. The molecule has 1 rings (SSSR count). The van der Waals surface area contributed by atoms with Crippen LogP contribution in [0.5, 0.6) is 5.75 Å². The van der Waals surface area contributed by atoms with Crippen LogP contribution in [0.15, 0.2) is 24.3 Å². The molecule has 0 fully saturated rings. The lowest BCUT2D eigenvalue weighted by Crippen LogP contribution is -2.15. The van der Waals surface area contributed by atoms with Gasteiger partial charge in [0.1, 0.15) is 5.75 Å². The van der Waals surface area contributed by atoms with Crippen molar-refractivity contribution in [1.29, 1.82) is 0 Å². The number of hydrogen-bond donors (Lipinski definition) is 1. The Morgan fingerprint density at radius 1 is 1.33 bits per heavy atom. The molecule has 2 unspecified atom stereocenters. The maximum Gasteiger partial charge on any atom is 0.119 e. The van der Waals surface area contributed by atoms with E-state index >= 15 is 0 Å². The molecule has 0 bridgehead atoms. The lowest BCUT2D eigenvalue weighted by atomic mass is 10.2. The largest absolute Gasteiger partial charge is 0.493 e. The van der Waals surface area contributed by atoms with Crippen LogP contribution < -0.4 is 10.5 Å². The van der Waals surface area contributed by atoms with Crippen molar-refractivity contribution in [3.8, 4) is 5.75 Å². The Balaban J connectivity index is 2.26. The number of benzene rings is 1. The predicted molar refractivity (Wildman–Crippen MR) is 77.2 cm³/mol. The molecule has 3 nitrogen and oxygen atoms in total. The van der Waals surface area contributed by atoms with Crippen LogP contribution in [0.25, 0.3) is 0 Å². The molecule has 0 aliphatic rings. The van der Waals surface area contributed by atoms with Crippen molar-refractivity contribution in [1.82, 2.24) is 0 Å². The third-order valence-corrected chi connectivity index (χ3v) is 4.47. The van der Waals surface area contributed by atoms with Crippen LogP contribution in [0.4, 0.5) is 0 Å². The molecule has 0 aromatic heterocycles. The van der Waals surface area contributed by atoms with E-state index in [1.807, 2.05) is 24.3 Å². The van der Waals surface area contributed by atoms with E-state index in [0.29, 0.717) is 24.8 Å². The van der Waals surface area contributed by atoms with Gasteiger partial charge < -0.3 is 10.5 Å². The minimum Gasteiger partial charge on any atom is -0.493 e. The van der Waals surface area contributed by atoms with Gasteiger partial charge >= 0.3 is 0 Å². The molecule has 2 N–H and O–H groups in total. The van der Waals surface area contributed by atoms with Gasteiger partial charge in [-0.05, 0) is 23.6 Å². The van der Waals surface area contributed by atoms with Crippen molar-refractivity contribution >= 4 is 10.8 Å². The SMILES string of the molecule is CCC(C)CS(=O)CCOc1ccc(CN)cc1. The summed E-state index contributed by atoms with van der Waals surface area (Å²) in [5, 5.41) is 0. The van der Waals surface area contributed by atoms with Crippen molar-refractivity contribution in [2.45, 2.75) is 26.8 Å². The summed E-state index contributed by atoms with van der Waals surface area (Å²) in [4.78, 5) is 0. The van der Waals surface area contributed by atoms with Crippen LogP contribution in [0.3, 0.4) is 0 Å². The van der Waals surface area contributed by atoms with Crippen molar-refractivity contribution < 1.29 is 8.95 Å². The summed E-state index contributed by atoms with van der Waals surface area (Å²) in [6.45, 7) is 5.30. The quantitative estimate of drug-likeness (QED) is 0.788. The van der Waals surface area contributed by atoms with Gasteiger partial charge in [-0.15, -0.1) is 0 Å². The fraction of sp³-hybridized carbons (Fsp3) is 0.571. The van der Waals surface area contributed by atoms with E-state index in [0.717, 1.165) is 23.5 Å². The Morgan fingerprint density at radius 3 is 2.56 bits per heavy atom. The molecule has 4 heteroatoms. The normalized spacial score (nSPS) is 14.2. The van der Waals surface area contributed by atoms with E-state index < -0.39 is 10.8 Å². The molecule has 0 aliphatic carbocycles. The first-order chi connectivity index (χ1) is 8.65. The van der Waals surface area contributed by atoms with Gasteiger partial charge in [-0.1, -0.05) is 32.4 Å². The first-order valence-corrected chi connectivity index (χ1v) is 7.91. The van der Waals surface area contributed by atoms with Crippen LogP contribution in [0, 0.1) is 5.92 Å². The summed E-state index contributed by atoms with van der Waals surface area (Å²) in [7, 11) is -0.775. The van der Waals surface area contributed by atoms with Gasteiger partial charge in [-0.3, -0.25) is 4.21 Å².